The molecule has 1 amide bonds. The van der Waals surface area contributed by atoms with Crippen LogP contribution in [0.2, 0.25) is 0 Å². The zero-order valence-electron chi connectivity index (χ0n) is 13.1. The lowest BCUT2D eigenvalue weighted by Gasteiger charge is -2.34. The van der Waals surface area contributed by atoms with Gasteiger partial charge in [-0.05, 0) is 6.07 Å². The van der Waals surface area contributed by atoms with Gasteiger partial charge in [-0.3, -0.25) is 9.48 Å². The quantitative estimate of drug-likeness (QED) is 0.796. The Labute approximate surface area is 134 Å². The molecule has 2 aromatic rings. The molecule has 122 valence electrons. The largest absolute Gasteiger partial charge is 0.481 e. The van der Waals surface area contributed by atoms with Gasteiger partial charge < -0.3 is 14.5 Å². The summed E-state index contributed by atoms with van der Waals surface area (Å²) >= 11 is 0. The number of methoxy groups -OCH3 is 1. The number of aryl methyl sites for hydroxylation is 1. The van der Waals surface area contributed by atoms with Crippen LogP contribution in [0.4, 0.5) is 5.95 Å². The number of carbonyl (C=O) groups excluding carboxylic acids is 1. The molecule has 0 N–H and O–H groups in total. The minimum absolute atomic E-state index is 0.159. The highest BCUT2D eigenvalue weighted by molar-refractivity contribution is 5.76. The summed E-state index contributed by atoms with van der Waals surface area (Å²) in [7, 11) is 1.59. The molecule has 1 aliphatic heterocycles. The number of anilines is 1. The lowest BCUT2D eigenvalue weighted by molar-refractivity contribution is -0.131. The summed E-state index contributed by atoms with van der Waals surface area (Å²) in [6.45, 7) is 3.42. The fourth-order valence-electron chi connectivity index (χ4n) is 2.56. The highest BCUT2D eigenvalue weighted by atomic mass is 16.5. The third kappa shape index (κ3) is 3.77. The Bertz CT molecular complexity index is 637. The van der Waals surface area contributed by atoms with E-state index in [4.69, 9.17) is 4.74 Å². The molecule has 0 bridgehead atoms. The van der Waals surface area contributed by atoms with E-state index in [9.17, 15) is 4.79 Å². The molecule has 23 heavy (non-hydrogen) atoms. The van der Waals surface area contributed by atoms with Crippen molar-refractivity contribution in [2.75, 3.05) is 38.2 Å². The second-order valence-electron chi connectivity index (χ2n) is 5.29. The average molecular weight is 316 g/mol. The van der Waals surface area contributed by atoms with Gasteiger partial charge in [-0.2, -0.15) is 10.1 Å². The summed E-state index contributed by atoms with van der Waals surface area (Å²) in [6.07, 6.45) is 5.74. The van der Waals surface area contributed by atoms with Crippen LogP contribution in [0, 0.1) is 0 Å². The Morgan fingerprint density at radius 2 is 2.09 bits per heavy atom. The molecule has 0 radical (unpaired) electrons. The van der Waals surface area contributed by atoms with Crippen LogP contribution in [0.1, 0.15) is 6.42 Å². The Hall–Kier alpha value is -2.64. The number of hydrogen-bond acceptors (Lipinski definition) is 6. The Morgan fingerprint density at radius 3 is 2.78 bits per heavy atom. The predicted molar refractivity (Wildman–Crippen MR) is 84.2 cm³/mol. The number of amides is 1. The summed E-state index contributed by atoms with van der Waals surface area (Å²) in [5.41, 5.74) is 0. The molecule has 8 nitrogen and oxygen atoms in total. The van der Waals surface area contributed by atoms with E-state index >= 15 is 0 Å². The number of carbonyl (C=O) groups is 1. The Kier molecular flexibility index (Phi) is 4.70. The molecule has 0 spiro atoms. The van der Waals surface area contributed by atoms with Gasteiger partial charge in [0.25, 0.3) is 0 Å². The van der Waals surface area contributed by atoms with Crippen molar-refractivity contribution >= 4 is 11.9 Å². The maximum absolute atomic E-state index is 12.3. The Balaban J connectivity index is 1.50. The standard InChI is InChI=1S/C15H20N6O2/c1-23-13-3-6-16-15(18-13)20-11-9-19(10-12-20)14(22)4-8-21-7-2-5-17-21/h2-3,5-7H,4,8-12H2,1H3. The van der Waals surface area contributed by atoms with Crippen LogP contribution in [0.3, 0.4) is 0 Å². The van der Waals surface area contributed by atoms with E-state index in [1.165, 1.54) is 0 Å². The minimum atomic E-state index is 0.159. The first-order valence-corrected chi connectivity index (χ1v) is 7.63. The fraction of sp³-hybridized carbons (Fsp3) is 0.467. The molecular weight excluding hydrogens is 296 g/mol. The van der Waals surface area contributed by atoms with Gasteiger partial charge in [0, 0.05) is 63.8 Å². The molecule has 0 aliphatic carbocycles. The van der Waals surface area contributed by atoms with Crippen molar-refractivity contribution in [3.63, 3.8) is 0 Å². The Morgan fingerprint density at radius 1 is 1.26 bits per heavy atom. The molecule has 1 fully saturated rings. The van der Waals surface area contributed by atoms with Crippen LogP contribution in [0.25, 0.3) is 0 Å². The zero-order chi connectivity index (χ0) is 16.1. The molecule has 8 heteroatoms. The summed E-state index contributed by atoms with van der Waals surface area (Å²) in [6, 6.07) is 3.58. The molecular formula is C15H20N6O2. The van der Waals surface area contributed by atoms with Crippen LogP contribution in [0.15, 0.2) is 30.7 Å². The molecule has 0 unspecified atom stereocenters. The van der Waals surface area contributed by atoms with E-state index in [1.807, 2.05) is 17.2 Å². The molecule has 2 aromatic heterocycles. The third-order valence-corrected chi connectivity index (χ3v) is 3.86. The zero-order valence-corrected chi connectivity index (χ0v) is 13.1. The topological polar surface area (TPSA) is 76.4 Å². The number of nitrogens with zero attached hydrogens (tertiary/aromatic N) is 6. The molecule has 3 heterocycles. The van der Waals surface area contributed by atoms with E-state index in [2.05, 4.69) is 20.0 Å². The van der Waals surface area contributed by atoms with E-state index < -0.39 is 0 Å². The molecule has 0 saturated carbocycles. The maximum atomic E-state index is 12.3. The van der Waals surface area contributed by atoms with Crippen molar-refractivity contribution in [1.82, 2.24) is 24.6 Å². The normalized spacial score (nSPS) is 14.8. The number of piperazine rings is 1. The number of ether oxygens (including phenoxy) is 1. The van der Waals surface area contributed by atoms with Crippen molar-refractivity contribution in [3.05, 3.63) is 30.7 Å². The van der Waals surface area contributed by atoms with Crippen molar-refractivity contribution < 1.29 is 9.53 Å². The van der Waals surface area contributed by atoms with E-state index in [-0.39, 0.29) is 5.91 Å². The van der Waals surface area contributed by atoms with Crippen molar-refractivity contribution in [2.24, 2.45) is 0 Å². The first-order valence-electron chi connectivity index (χ1n) is 7.63. The monoisotopic (exact) mass is 316 g/mol. The van der Waals surface area contributed by atoms with Gasteiger partial charge in [0.05, 0.1) is 7.11 Å². The van der Waals surface area contributed by atoms with Crippen LogP contribution in [-0.4, -0.2) is 63.8 Å². The maximum Gasteiger partial charge on any atom is 0.228 e. The van der Waals surface area contributed by atoms with Crippen LogP contribution in [0.5, 0.6) is 5.88 Å². The summed E-state index contributed by atoms with van der Waals surface area (Å²) in [4.78, 5) is 24.8. The number of aromatic nitrogens is 4. The average Bonchev–Trinajstić information content (AvgIpc) is 3.13. The van der Waals surface area contributed by atoms with Crippen LogP contribution < -0.4 is 9.64 Å². The van der Waals surface area contributed by atoms with E-state index in [0.717, 1.165) is 13.1 Å². The number of rotatable bonds is 5. The molecule has 0 aromatic carbocycles. The summed E-state index contributed by atoms with van der Waals surface area (Å²) < 4.78 is 6.90. The highest BCUT2D eigenvalue weighted by Crippen LogP contribution is 2.14. The van der Waals surface area contributed by atoms with Gasteiger partial charge in [-0.25, -0.2) is 4.98 Å². The third-order valence-electron chi connectivity index (χ3n) is 3.86. The van der Waals surface area contributed by atoms with Gasteiger partial charge in [0.1, 0.15) is 0 Å². The van der Waals surface area contributed by atoms with Gasteiger partial charge in [0.15, 0.2) is 0 Å². The van der Waals surface area contributed by atoms with Gasteiger partial charge >= 0.3 is 0 Å². The van der Waals surface area contributed by atoms with Crippen molar-refractivity contribution in [2.45, 2.75) is 13.0 Å². The first-order chi connectivity index (χ1) is 11.3. The summed E-state index contributed by atoms with van der Waals surface area (Å²) in [5, 5.41) is 4.11. The minimum Gasteiger partial charge on any atom is -0.481 e. The van der Waals surface area contributed by atoms with Crippen LogP contribution in [-0.2, 0) is 11.3 Å². The van der Waals surface area contributed by atoms with E-state index in [0.29, 0.717) is 37.9 Å². The first kappa shape index (κ1) is 15.3. The molecule has 3 rings (SSSR count). The lowest BCUT2D eigenvalue weighted by atomic mass is 10.3. The van der Waals surface area contributed by atoms with Gasteiger partial charge in [-0.1, -0.05) is 0 Å². The smallest absolute Gasteiger partial charge is 0.228 e. The number of hydrogen-bond donors (Lipinski definition) is 0. The fourth-order valence-corrected chi connectivity index (χ4v) is 2.56. The van der Waals surface area contributed by atoms with Crippen molar-refractivity contribution in [1.29, 1.82) is 0 Å². The SMILES string of the molecule is COc1ccnc(N2CCN(C(=O)CCn3cccn3)CC2)n1. The second-order valence-corrected chi connectivity index (χ2v) is 5.29. The second kappa shape index (κ2) is 7.08. The van der Waals surface area contributed by atoms with Crippen molar-refractivity contribution in [3.8, 4) is 5.88 Å². The van der Waals surface area contributed by atoms with Gasteiger partial charge in [-0.15, -0.1) is 0 Å². The van der Waals surface area contributed by atoms with E-state index in [1.54, 1.807) is 30.3 Å². The highest BCUT2D eigenvalue weighted by Gasteiger charge is 2.22. The van der Waals surface area contributed by atoms with Gasteiger partial charge in [0.2, 0.25) is 17.7 Å². The lowest BCUT2D eigenvalue weighted by Crippen LogP contribution is -2.49. The molecule has 0 atom stereocenters. The van der Waals surface area contributed by atoms with Crippen LogP contribution >= 0.6 is 0 Å². The summed E-state index contributed by atoms with van der Waals surface area (Å²) in [5.74, 6) is 1.35. The molecule has 1 saturated heterocycles. The predicted octanol–water partition coefficient (Wildman–Crippen LogP) is 0.421. The molecule has 1 aliphatic rings.